The van der Waals surface area contributed by atoms with Gasteiger partial charge in [0.2, 0.25) is 0 Å². The normalized spacial score (nSPS) is 11.2. The predicted octanol–water partition coefficient (Wildman–Crippen LogP) is 3.10. The first kappa shape index (κ1) is 14.9. The summed E-state index contributed by atoms with van der Waals surface area (Å²) in [6.45, 7) is 5.64. The van der Waals surface area contributed by atoms with Crippen LogP contribution in [0.1, 0.15) is 44.0 Å². The average Bonchev–Trinajstić information content (AvgIpc) is 2.77. The molecule has 0 bridgehead atoms. The molecule has 0 aliphatic rings. The number of pyridine rings is 1. The van der Waals surface area contributed by atoms with Gasteiger partial charge in [-0.25, -0.2) is 4.98 Å². The maximum Gasteiger partial charge on any atom is 0.180 e. The van der Waals surface area contributed by atoms with E-state index < -0.39 is 0 Å². The van der Waals surface area contributed by atoms with Crippen LogP contribution < -0.4 is 10.5 Å². The van der Waals surface area contributed by atoms with Crippen LogP contribution in [0.15, 0.2) is 18.3 Å². The molecule has 110 valence electrons. The van der Waals surface area contributed by atoms with Crippen molar-refractivity contribution in [2.75, 3.05) is 13.2 Å². The van der Waals surface area contributed by atoms with Crippen LogP contribution in [-0.2, 0) is 6.42 Å². The summed E-state index contributed by atoms with van der Waals surface area (Å²) in [5.74, 6) is 0.871. The van der Waals surface area contributed by atoms with E-state index in [1.807, 2.05) is 25.3 Å². The Morgan fingerprint density at radius 1 is 1.30 bits per heavy atom. The van der Waals surface area contributed by atoms with Gasteiger partial charge >= 0.3 is 0 Å². The van der Waals surface area contributed by atoms with E-state index >= 15 is 0 Å². The Labute approximate surface area is 121 Å². The first-order valence-corrected chi connectivity index (χ1v) is 7.57. The fourth-order valence-corrected chi connectivity index (χ4v) is 2.47. The number of hydrogen-bond donors (Lipinski definition) is 1. The van der Waals surface area contributed by atoms with Gasteiger partial charge in [-0.15, -0.1) is 0 Å². The van der Waals surface area contributed by atoms with Crippen molar-refractivity contribution in [3.63, 3.8) is 0 Å². The van der Waals surface area contributed by atoms with Crippen molar-refractivity contribution < 1.29 is 4.74 Å². The maximum atomic E-state index is 5.90. The summed E-state index contributed by atoms with van der Waals surface area (Å²) < 4.78 is 8.00. The molecule has 0 unspecified atom stereocenters. The first-order valence-electron chi connectivity index (χ1n) is 7.57. The summed E-state index contributed by atoms with van der Waals surface area (Å²) >= 11 is 0. The summed E-state index contributed by atoms with van der Waals surface area (Å²) in [5, 5.41) is 0. The molecule has 0 spiro atoms. The third-order valence-corrected chi connectivity index (χ3v) is 3.55. The number of aryl methyl sites for hydroxylation is 1. The topological polar surface area (TPSA) is 52.5 Å². The van der Waals surface area contributed by atoms with E-state index in [1.54, 1.807) is 0 Å². The molecule has 0 saturated carbocycles. The molecule has 0 atom stereocenters. The van der Waals surface area contributed by atoms with Crippen LogP contribution in [0.4, 0.5) is 0 Å². The van der Waals surface area contributed by atoms with Crippen molar-refractivity contribution in [2.24, 2.45) is 5.73 Å². The van der Waals surface area contributed by atoms with Gasteiger partial charge in [-0.2, -0.15) is 0 Å². The largest absolute Gasteiger partial charge is 0.490 e. The SMILES string of the molecule is CCCCCCOc1cccn2c(CCN)c(C)nc12. The number of hydrogen-bond acceptors (Lipinski definition) is 3. The van der Waals surface area contributed by atoms with Crippen molar-refractivity contribution in [3.05, 3.63) is 29.7 Å². The number of fused-ring (bicyclic) bond motifs is 1. The van der Waals surface area contributed by atoms with E-state index in [9.17, 15) is 0 Å². The Morgan fingerprint density at radius 2 is 2.15 bits per heavy atom. The van der Waals surface area contributed by atoms with Crippen molar-refractivity contribution in [1.29, 1.82) is 0 Å². The highest BCUT2D eigenvalue weighted by atomic mass is 16.5. The zero-order valence-corrected chi connectivity index (χ0v) is 12.6. The van der Waals surface area contributed by atoms with Crippen molar-refractivity contribution >= 4 is 5.65 Å². The number of nitrogens with zero attached hydrogens (tertiary/aromatic N) is 2. The van der Waals surface area contributed by atoms with Crippen LogP contribution in [0.3, 0.4) is 0 Å². The monoisotopic (exact) mass is 275 g/mol. The molecule has 0 fully saturated rings. The molecule has 2 rings (SSSR count). The molecular formula is C16H25N3O. The smallest absolute Gasteiger partial charge is 0.180 e. The number of unbranched alkanes of at least 4 members (excludes halogenated alkanes) is 3. The summed E-state index contributed by atoms with van der Waals surface area (Å²) in [5.41, 5.74) is 8.80. The lowest BCUT2D eigenvalue weighted by Crippen LogP contribution is -2.06. The van der Waals surface area contributed by atoms with Gasteiger partial charge in [-0.05, 0) is 32.0 Å². The average molecular weight is 275 g/mol. The molecule has 0 aliphatic heterocycles. The molecule has 0 radical (unpaired) electrons. The second-order valence-corrected chi connectivity index (χ2v) is 5.16. The Kier molecular flexibility index (Phi) is 5.41. The zero-order chi connectivity index (χ0) is 14.4. The summed E-state index contributed by atoms with van der Waals surface area (Å²) in [6, 6.07) is 4.00. The lowest BCUT2D eigenvalue weighted by molar-refractivity contribution is 0.307. The highest BCUT2D eigenvalue weighted by Gasteiger charge is 2.11. The molecule has 0 saturated heterocycles. The number of aromatic nitrogens is 2. The van der Waals surface area contributed by atoms with Gasteiger partial charge in [0.05, 0.1) is 12.3 Å². The maximum absolute atomic E-state index is 5.90. The van der Waals surface area contributed by atoms with Crippen LogP contribution in [0.25, 0.3) is 5.65 Å². The standard InChI is InChI=1S/C16H25N3O/c1-3-4-5-6-12-20-15-8-7-11-19-14(9-10-17)13(2)18-16(15)19/h7-8,11H,3-6,9-10,12,17H2,1-2H3. The second kappa shape index (κ2) is 7.29. The van der Waals surface area contributed by atoms with Gasteiger partial charge in [0, 0.05) is 18.3 Å². The molecule has 20 heavy (non-hydrogen) atoms. The van der Waals surface area contributed by atoms with Crippen LogP contribution in [-0.4, -0.2) is 22.5 Å². The Balaban J connectivity index is 2.11. The van der Waals surface area contributed by atoms with Gasteiger partial charge < -0.3 is 14.9 Å². The van der Waals surface area contributed by atoms with Gasteiger partial charge in [-0.1, -0.05) is 26.2 Å². The quantitative estimate of drug-likeness (QED) is 0.753. The van der Waals surface area contributed by atoms with Gasteiger partial charge in [0.15, 0.2) is 11.4 Å². The summed E-state index contributed by atoms with van der Waals surface area (Å²) in [6.07, 6.45) is 7.72. The predicted molar refractivity (Wildman–Crippen MR) is 82.3 cm³/mol. The highest BCUT2D eigenvalue weighted by Crippen LogP contribution is 2.22. The number of nitrogens with two attached hydrogens (primary N) is 1. The van der Waals surface area contributed by atoms with Gasteiger partial charge in [0.25, 0.3) is 0 Å². The molecule has 2 aromatic rings. The molecule has 0 aromatic carbocycles. The molecule has 4 heteroatoms. The van der Waals surface area contributed by atoms with E-state index in [1.165, 1.54) is 25.0 Å². The van der Waals surface area contributed by atoms with Crippen molar-refractivity contribution in [3.8, 4) is 5.75 Å². The molecule has 2 aromatic heterocycles. The molecule has 0 aliphatic carbocycles. The minimum atomic E-state index is 0.636. The van der Waals surface area contributed by atoms with E-state index in [4.69, 9.17) is 10.5 Å². The van der Waals surface area contributed by atoms with E-state index in [0.29, 0.717) is 6.54 Å². The zero-order valence-electron chi connectivity index (χ0n) is 12.6. The molecule has 4 nitrogen and oxygen atoms in total. The third-order valence-electron chi connectivity index (χ3n) is 3.55. The Bertz CT molecular complexity index is 548. The van der Waals surface area contributed by atoms with E-state index in [-0.39, 0.29) is 0 Å². The minimum absolute atomic E-state index is 0.636. The number of ether oxygens (including phenoxy) is 1. The minimum Gasteiger partial charge on any atom is -0.490 e. The fraction of sp³-hybridized carbons (Fsp3) is 0.562. The first-order chi connectivity index (χ1) is 9.77. The van der Waals surface area contributed by atoms with E-state index in [2.05, 4.69) is 16.3 Å². The second-order valence-electron chi connectivity index (χ2n) is 5.16. The van der Waals surface area contributed by atoms with Gasteiger partial charge in [0.1, 0.15) is 0 Å². The highest BCUT2D eigenvalue weighted by molar-refractivity contribution is 5.56. The fourth-order valence-electron chi connectivity index (χ4n) is 2.47. The lowest BCUT2D eigenvalue weighted by Gasteiger charge is -2.08. The molecule has 2 heterocycles. The Hall–Kier alpha value is -1.55. The van der Waals surface area contributed by atoms with Gasteiger partial charge in [-0.3, -0.25) is 0 Å². The molecule has 0 amide bonds. The van der Waals surface area contributed by atoms with Crippen molar-refractivity contribution in [2.45, 2.75) is 46.0 Å². The number of imidazole rings is 1. The van der Waals surface area contributed by atoms with Crippen molar-refractivity contribution in [1.82, 2.24) is 9.38 Å². The molecule has 2 N–H and O–H groups in total. The third kappa shape index (κ3) is 3.31. The number of rotatable bonds is 8. The van der Waals surface area contributed by atoms with Crippen LogP contribution in [0, 0.1) is 6.92 Å². The van der Waals surface area contributed by atoms with Crippen LogP contribution in [0.2, 0.25) is 0 Å². The van der Waals surface area contributed by atoms with Crippen LogP contribution >= 0.6 is 0 Å². The Morgan fingerprint density at radius 3 is 2.90 bits per heavy atom. The van der Waals surface area contributed by atoms with Crippen LogP contribution in [0.5, 0.6) is 5.75 Å². The summed E-state index contributed by atoms with van der Waals surface area (Å²) in [4.78, 5) is 4.63. The van der Waals surface area contributed by atoms with E-state index in [0.717, 1.165) is 36.5 Å². The summed E-state index contributed by atoms with van der Waals surface area (Å²) in [7, 11) is 0. The lowest BCUT2D eigenvalue weighted by atomic mass is 10.2. The molecular weight excluding hydrogens is 250 g/mol.